The number of esters is 1. The summed E-state index contributed by atoms with van der Waals surface area (Å²) >= 11 is 0. The van der Waals surface area contributed by atoms with Crippen LogP contribution < -0.4 is 10.1 Å². The fourth-order valence-corrected chi connectivity index (χ4v) is 2.78. The fraction of sp³-hybridized carbons (Fsp3) is 0.389. The third kappa shape index (κ3) is 4.37. The molecule has 1 aromatic heterocycles. The van der Waals surface area contributed by atoms with Crippen LogP contribution in [-0.2, 0) is 27.3 Å². The summed E-state index contributed by atoms with van der Waals surface area (Å²) in [6, 6.07) is 7.34. The molecule has 0 unspecified atom stereocenters. The molecule has 0 fully saturated rings. The van der Waals surface area contributed by atoms with E-state index >= 15 is 0 Å². The highest BCUT2D eigenvalue weighted by Crippen LogP contribution is 2.26. The lowest BCUT2D eigenvalue weighted by Crippen LogP contribution is -2.20. The van der Waals surface area contributed by atoms with Crippen LogP contribution in [0.25, 0.3) is 0 Å². The minimum absolute atomic E-state index is 0.0207. The highest BCUT2D eigenvalue weighted by atomic mass is 16.6. The summed E-state index contributed by atoms with van der Waals surface area (Å²) in [5.41, 5.74) is 3.78. The average Bonchev–Trinajstić information content (AvgIpc) is 2.90. The van der Waals surface area contributed by atoms with Crippen molar-refractivity contribution in [2.45, 2.75) is 33.2 Å². The molecule has 25 heavy (non-hydrogen) atoms. The van der Waals surface area contributed by atoms with E-state index in [-0.39, 0.29) is 19.1 Å². The number of benzene rings is 1. The monoisotopic (exact) mass is 343 g/mol. The van der Waals surface area contributed by atoms with E-state index in [0.717, 1.165) is 22.6 Å². The number of hydrogen-bond donors (Lipinski definition) is 1. The van der Waals surface area contributed by atoms with Crippen LogP contribution in [0, 0.1) is 13.8 Å². The summed E-state index contributed by atoms with van der Waals surface area (Å²) in [6.07, 6.45) is 1.14. The van der Waals surface area contributed by atoms with Crippen molar-refractivity contribution in [3.8, 4) is 5.75 Å². The van der Waals surface area contributed by atoms with Crippen LogP contribution in [0.4, 0.5) is 5.69 Å². The van der Waals surface area contributed by atoms with Crippen molar-refractivity contribution >= 4 is 17.6 Å². The van der Waals surface area contributed by atoms with Crippen molar-refractivity contribution in [1.29, 1.82) is 0 Å². The molecule has 7 nitrogen and oxygen atoms in total. The van der Waals surface area contributed by atoms with Crippen LogP contribution in [0.15, 0.2) is 24.3 Å². The fourth-order valence-electron chi connectivity index (χ4n) is 2.78. The quantitative estimate of drug-likeness (QED) is 0.811. The first-order valence-corrected chi connectivity index (χ1v) is 8.23. The topological polar surface area (TPSA) is 82.5 Å². The van der Waals surface area contributed by atoms with Gasteiger partial charge in [-0.1, -0.05) is 0 Å². The summed E-state index contributed by atoms with van der Waals surface area (Å²) in [5.74, 6) is 0.185. The second-order valence-electron chi connectivity index (χ2n) is 6.03. The number of aryl methyl sites for hydroxylation is 3. The predicted octanol–water partition coefficient (Wildman–Crippen LogP) is 2.01. The molecule has 0 radical (unpaired) electrons. The normalized spacial score (nSPS) is 13.1. The Bertz CT molecular complexity index is 798. The van der Waals surface area contributed by atoms with Gasteiger partial charge >= 0.3 is 5.97 Å². The van der Waals surface area contributed by atoms with E-state index in [1.807, 2.05) is 26.0 Å². The number of carbonyl (C=O) groups is 2. The first-order valence-electron chi connectivity index (χ1n) is 8.23. The van der Waals surface area contributed by atoms with Crippen molar-refractivity contribution in [3.05, 3.63) is 41.2 Å². The molecule has 1 aliphatic heterocycles. The van der Waals surface area contributed by atoms with Crippen molar-refractivity contribution in [2.24, 2.45) is 0 Å². The Hall–Kier alpha value is -2.83. The lowest BCUT2D eigenvalue weighted by Gasteiger charge is -2.17. The first kappa shape index (κ1) is 17.0. The molecule has 0 atom stereocenters. The van der Waals surface area contributed by atoms with Crippen LogP contribution in [0.5, 0.6) is 5.75 Å². The Morgan fingerprint density at radius 1 is 1.28 bits per heavy atom. The smallest absolute Gasteiger partial charge is 0.344 e. The third-order valence-electron chi connectivity index (χ3n) is 4.00. The SMILES string of the molecule is Cc1cc(C)n(CCOC(=O)COc2ccc3c(c2)CCC(=O)N3)n1. The lowest BCUT2D eigenvalue weighted by atomic mass is 10.0. The summed E-state index contributed by atoms with van der Waals surface area (Å²) in [5, 5.41) is 7.12. The third-order valence-corrected chi connectivity index (χ3v) is 4.00. The number of nitrogens with zero attached hydrogens (tertiary/aromatic N) is 2. The number of carbonyl (C=O) groups excluding carboxylic acids is 2. The van der Waals surface area contributed by atoms with E-state index in [1.165, 1.54) is 0 Å². The summed E-state index contributed by atoms with van der Waals surface area (Å²) < 4.78 is 12.5. The van der Waals surface area contributed by atoms with Crippen LogP contribution in [0.2, 0.25) is 0 Å². The Kier molecular flexibility index (Phi) is 5.02. The van der Waals surface area contributed by atoms with Gasteiger partial charge in [0, 0.05) is 17.8 Å². The summed E-state index contributed by atoms with van der Waals surface area (Å²) in [4.78, 5) is 23.1. The molecule has 132 valence electrons. The maximum absolute atomic E-state index is 11.8. The summed E-state index contributed by atoms with van der Waals surface area (Å²) in [6.45, 7) is 4.50. The molecule has 0 aliphatic carbocycles. The number of nitrogens with one attached hydrogen (secondary N) is 1. The van der Waals surface area contributed by atoms with E-state index in [1.54, 1.807) is 16.8 Å². The van der Waals surface area contributed by atoms with Gasteiger partial charge in [-0.2, -0.15) is 5.10 Å². The van der Waals surface area contributed by atoms with Gasteiger partial charge in [-0.3, -0.25) is 9.48 Å². The Morgan fingerprint density at radius 2 is 2.12 bits per heavy atom. The predicted molar refractivity (Wildman–Crippen MR) is 91.5 cm³/mol. The number of anilines is 1. The van der Waals surface area contributed by atoms with Gasteiger partial charge in [0.1, 0.15) is 12.4 Å². The zero-order chi connectivity index (χ0) is 17.8. The van der Waals surface area contributed by atoms with E-state index in [2.05, 4.69) is 10.4 Å². The molecule has 2 aromatic rings. The molecule has 2 heterocycles. The van der Waals surface area contributed by atoms with Gasteiger partial charge < -0.3 is 14.8 Å². The molecule has 0 spiro atoms. The van der Waals surface area contributed by atoms with Gasteiger partial charge in [0.15, 0.2) is 6.61 Å². The van der Waals surface area contributed by atoms with E-state index in [9.17, 15) is 9.59 Å². The maximum atomic E-state index is 11.8. The summed E-state index contributed by atoms with van der Waals surface area (Å²) in [7, 11) is 0. The van der Waals surface area contributed by atoms with Gasteiger partial charge in [-0.25, -0.2) is 4.79 Å². The molecule has 7 heteroatoms. The molecular formula is C18H21N3O4. The highest BCUT2D eigenvalue weighted by Gasteiger charge is 2.15. The Labute approximate surface area is 145 Å². The number of hydrogen-bond acceptors (Lipinski definition) is 5. The Morgan fingerprint density at radius 3 is 2.88 bits per heavy atom. The molecule has 1 N–H and O–H groups in total. The lowest BCUT2D eigenvalue weighted by molar-refractivity contribution is -0.146. The van der Waals surface area contributed by atoms with Crippen molar-refractivity contribution in [3.63, 3.8) is 0 Å². The number of fused-ring (bicyclic) bond motifs is 1. The van der Waals surface area contributed by atoms with Crippen LogP contribution in [-0.4, -0.2) is 34.9 Å². The van der Waals surface area contributed by atoms with Gasteiger partial charge in [-0.05, 0) is 50.1 Å². The van der Waals surface area contributed by atoms with Crippen molar-refractivity contribution < 1.29 is 19.1 Å². The number of ether oxygens (including phenoxy) is 2. The minimum atomic E-state index is -0.424. The zero-order valence-electron chi connectivity index (χ0n) is 14.4. The average molecular weight is 343 g/mol. The van der Waals surface area contributed by atoms with Crippen LogP contribution in [0.3, 0.4) is 0 Å². The van der Waals surface area contributed by atoms with E-state index in [4.69, 9.17) is 9.47 Å². The molecule has 3 rings (SSSR count). The van der Waals surface area contributed by atoms with E-state index in [0.29, 0.717) is 25.1 Å². The van der Waals surface area contributed by atoms with Gasteiger partial charge in [0.2, 0.25) is 5.91 Å². The number of rotatable bonds is 6. The van der Waals surface area contributed by atoms with Gasteiger partial charge in [0.05, 0.1) is 12.2 Å². The largest absolute Gasteiger partial charge is 0.482 e. The molecule has 0 saturated carbocycles. The van der Waals surface area contributed by atoms with Gasteiger partial charge in [0.25, 0.3) is 0 Å². The second kappa shape index (κ2) is 7.38. The highest BCUT2D eigenvalue weighted by molar-refractivity contribution is 5.94. The maximum Gasteiger partial charge on any atom is 0.344 e. The van der Waals surface area contributed by atoms with Crippen molar-refractivity contribution in [1.82, 2.24) is 9.78 Å². The second-order valence-corrected chi connectivity index (χ2v) is 6.03. The van der Waals surface area contributed by atoms with Gasteiger partial charge in [-0.15, -0.1) is 0 Å². The van der Waals surface area contributed by atoms with Crippen molar-refractivity contribution in [2.75, 3.05) is 18.5 Å². The van der Waals surface area contributed by atoms with E-state index < -0.39 is 5.97 Å². The van der Waals surface area contributed by atoms with Crippen LogP contribution >= 0.6 is 0 Å². The first-order chi connectivity index (χ1) is 12.0. The molecule has 1 amide bonds. The number of aromatic nitrogens is 2. The molecule has 1 aromatic carbocycles. The number of amides is 1. The molecule has 0 bridgehead atoms. The Balaban J connectivity index is 1.44. The molecule has 1 aliphatic rings. The standard InChI is InChI=1S/C18H21N3O4/c1-12-9-13(2)21(20-12)7-8-24-18(23)11-25-15-4-5-16-14(10-15)3-6-17(22)19-16/h4-5,9-10H,3,6-8,11H2,1-2H3,(H,19,22). The molecular weight excluding hydrogens is 322 g/mol. The molecule has 0 saturated heterocycles. The zero-order valence-corrected chi connectivity index (χ0v) is 14.4. The van der Waals surface area contributed by atoms with Crippen LogP contribution in [0.1, 0.15) is 23.4 Å². The minimum Gasteiger partial charge on any atom is -0.482 e.